The van der Waals surface area contributed by atoms with E-state index in [2.05, 4.69) is 41.5 Å². The van der Waals surface area contributed by atoms with Crippen molar-refractivity contribution >= 4 is 16.3 Å². The second-order valence-electron chi connectivity index (χ2n) is 6.72. The van der Waals surface area contributed by atoms with Gasteiger partial charge in [0.25, 0.3) is 0 Å². The third-order valence-electron chi connectivity index (χ3n) is 3.48. The first-order valence-corrected chi connectivity index (χ1v) is 7.62. The van der Waals surface area contributed by atoms with Gasteiger partial charge in [-0.25, -0.2) is 9.50 Å². The molecule has 0 saturated heterocycles. The highest BCUT2D eigenvalue weighted by atomic mass is 32.1. The lowest BCUT2D eigenvalue weighted by molar-refractivity contribution is -0.108. The Hall–Kier alpha value is -0.940. The molecule has 2 aromatic rings. The zero-order chi connectivity index (χ0) is 14.0. The van der Waals surface area contributed by atoms with Crippen molar-refractivity contribution in [2.24, 2.45) is 5.92 Å². The lowest BCUT2D eigenvalue weighted by Gasteiger charge is -2.24. The van der Waals surface area contributed by atoms with Crippen molar-refractivity contribution < 1.29 is 4.74 Å². The molecular weight excluding hydrogens is 258 g/mol. The molecule has 0 atom stereocenters. The van der Waals surface area contributed by atoms with Gasteiger partial charge in [0.1, 0.15) is 21.9 Å². The van der Waals surface area contributed by atoms with Gasteiger partial charge in [-0.3, -0.25) is 0 Å². The normalized spacial score (nSPS) is 20.4. The predicted octanol–water partition coefficient (Wildman–Crippen LogP) is 3.49. The Labute approximate surface area is 117 Å². The lowest BCUT2D eigenvalue weighted by Crippen LogP contribution is -2.24. The Bertz CT molecular complexity index is 636. The summed E-state index contributed by atoms with van der Waals surface area (Å²) in [5.74, 6) is 0.615. The molecular formula is C14H21N3OS. The number of fused-ring (bicyclic) bond motifs is 3. The van der Waals surface area contributed by atoms with Crippen molar-refractivity contribution in [3.8, 4) is 0 Å². The van der Waals surface area contributed by atoms with Gasteiger partial charge in [-0.2, -0.15) is 5.10 Å². The van der Waals surface area contributed by atoms with Gasteiger partial charge < -0.3 is 4.74 Å². The molecule has 2 aromatic heterocycles. The number of hydrogen-bond donors (Lipinski definition) is 0. The van der Waals surface area contributed by atoms with E-state index >= 15 is 0 Å². The SMILES string of the molecule is CC(C)Cc1nn2c3c(nc2s1)C(C)(C)OC3(C)C. The van der Waals surface area contributed by atoms with Gasteiger partial charge in [0.15, 0.2) is 0 Å². The smallest absolute Gasteiger partial charge is 0.212 e. The minimum absolute atomic E-state index is 0.329. The van der Waals surface area contributed by atoms with Crippen molar-refractivity contribution in [1.29, 1.82) is 0 Å². The summed E-state index contributed by atoms with van der Waals surface area (Å²) >= 11 is 1.70. The number of aromatic nitrogens is 3. The zero-order valence-corrected chi connectivity index (χ0v) is 13.3. The quantitative estimate of drug-likeness (QED) is 0.844. The minimum atomic E-state index is -0.332. The van der Waals surface area contributed by atoms with Crippen LogP contribution in [0.5, 0.6) is 0 Å². The highest BCUT2D eigenvalue weighted by Gasteiger charge is 2.48. The van der Waals surface area contributed by atoms with E-state index in [4.69, 9.17) is 14.8 Å². The van der Waals surface area contributed by atoms with Crippen LogP contribution >= 0.6 is 11.3 Å². The Morgan fingerprint density at radius 3 is 2.53 bits per heavy atom. The summed E-state index contributed by atoms with van der Waals surface area (Å²) in [6, 6.07) is 0. The van der Waals surface area contributed by atoms with Gasteiger partial charge in [-0.15, -0.1) is 0 Å². The van der Waals surface area contributed by atoms with E-state index in [0.717, 1.165) is 27.8 Å². The first-order chi connectivity index (χ1) is 8.71. The molecule has 1 aliphatic heterocycles. The summed E-state index contributed by atoms with van der Waals surface area (Å²) < 4.78 is 8.12. The number of rotatable bonds is 2. The van der Waals surface area contributed by atoms with Crippen molar-refractivity contribution in [1.82, 2.24) is 14.6 Å². The molecule has 0 radical (unpaired) electrons. The van der Waals surface area contributed by atoms with Crippen LogP contribution in [0.2, 0.25) is 0 Å². The fraction of sp³-hybridized carbons (Fsp3) is 0.714. The van der Waals surface area contributed by atoms with E-state index in [9.17, 15) is 0 Å². The number of ether oxygens (including phenoxy) is 1. The third-order valence-corrected chi connectivity index (χ3v) is 4.41. The molecule has 1 aliphatic rings. The first kappa shape index (κ1) is 13.1. The Morgan fingerprint density at radius 2 is 1.89 bits per heavy atom. The molecule has 0 saturated carbocycles. The van der Waals surface area contributed by atoms with Crippen LogP contribution in [0.15, 0.2) is 0 Å². The highest BCUT2D eigenvalue weighted by molar-refractivity contribution is 7.16. The summed E-state index contributed by atoms with van der Waals surface area (Å²) in [4.78, 5) is 5.75. The van der Waals surface area contributed by atoms with Crippen molar-refractivity contribution in [3.63, 3.8) is 0 Å². The highest BCUT2D eigenvalue weighted by Crippen LogP contribution is 2.46. The second-order valence-corrected chi connectivity index (χ2v) is 7.76. The molecule has 104 valence electrons. The molecule has 0 aromatic carbocycles. The summed E-state index contributed by atoms with van der Waals surface area (Å²) in [6.45, 7) is 12.8. The molecule has 0 fully saturated rings. The molecule has 0 unspecified atom stereocenters. The fourth-order valence-corrected chi connectivity index (χ4v) is 4.02. The maximum Gasteiger partial charge on any atom is 0.212 e. The van der Waals surface area contributed by atoms with Crippen molar-refractivity contribution in [3.05, 3.63) is 16.4 Å². The van der Waals surface area contributed by atoms with Crippen LogP contribution in [0.4, 0.5) is 0 Å². The van der Waals surface area contributed by atoms with E-state index in [1.54, 1.807) is 11.3 Å². The molecule has 19 heavy (non-hydrogen) atoms. The number of nitrogens with zero attached hydrogens (tertiary/aromatic N) is 3. The van der Waals surface area contributed by atoms with E-state index in [-0.39, 0.29) is 11.2 Å². The topological polar surface area (TPSA) is 39.4 Å². The average Bonchev–Trinajstić information content (AvgIpc) is 2.74. The largest absolute Gasteiger partial charge is 0.357 e. The van der Waals surface area contributed by atoms with Crippen LogP contribution in [0.3, 0.4) is 0 Å². The van der Waals surface area contributed by atoms with Gasteiger partial charge in [0.2, 0.25) is 4.96 Å². The monoisotopic (exact) mass is 279 g/mol. The third kappa shape index (κ3) is 1.91. The standard InChI is InChI=1S/C14H21N3OS/c1-8(2)7-9-16-17-11-10(15-12(17)19-9)13(3,4)18-14(11,5)6/h8H,7H2,1-6H3. The van der Waals surface area contributed by atoms with E-state index in [1.807, 2.05) is 4.52 Å². The van der Waals surface area contributed by atoms with Crippen LogP contribution in [-0.4, -0.2) is 14.6 Å². The van der Waals surface area contributed by atoms with Gasteiger partial charge >= 0.3 is 0 Å². The minimum Gasteiger partial charge on any atom is -0.357 e. The van der Waals surface area contributed by atoms with Crippen LogP contribution in [-0.2, 0) is 22.4 Å². The lowest BCUT2D eigenvalue weighted by atomic mass is 10.0. The maximum absolute atomic E-state index is 6.13. The molecule has 0 N–H and O–H groups in total. The molecule has 0 amide bonds. The molecule has 4 nitrogen and oxygen atoms in total. The van der Waals surface area contributed by atoms with E-state index < -0.39 is 0 Å². The van der Waals surface area contributed by atoms with Crippen molar-refractivity contribution in [2.75, 3.05) is 0 Å². The molecule has 3 heterocycles. The van der Waals surface area contributed by atoms with E-state index in [1.165, 1.54) is 0 Å². The maximum atomic E-state index is 6.13. The van der Waals surface area contributed by atoms with Gasteiger partial charge in [0, 0.05) is 6.42 Å². The van der Waals surface area contributed by atoms with Crippen molar-refractivity contribution in [2.45, 2.75) is 59.2 Å². The van der Waals surface area contributed by atoms with Crippen LogP contribution in [0.1, 0.15) is 57.9 Å². The Morgan fingerprint density at radius 1 is 1.21 bits per heavy atom. The molecule has 0 bridgehead atoms. The van der Waals surface area contributed by atoms with Gasteiger partial charge in [-0.1, -0.05) is 25.2 Å². The molecule has 3 rings (SSSR count). The van der Waals surface area contributed by atoms with Crippen LogP contribution in [0.25, 0.3) is 4.96 Å². The predicted molar refractivity (Wildman–Crippen MR) is 76.5 cm³/mol. The summed E-state index contributed by atoms with van der Waals surface area (Å²) in [5, 5.41) is 5.89. The number of imidazole rings is 1. The fourth-order valence-electron chi connectivity index (χ4n) is 2.91. The molecule has 0 spiro atoms. The van der Waals surface area contributed by atoms with Gasteiger partial charge in [0.05, 0.1) is 5.69 Å². The first-order valence-electron chi connectivity index (χ1n) is 6.80. The summed E-state index contributed by atoms with van der Waals surface area (Å²) in [5.41, 5.74) is 1.48. The Kier molecular flexibility index (Phi) is 2.61. The zero-order valence-electron chi connectivity index (χ0n) is 12.4. The van der Waals surface area contributed by atoms with Gasteiger partial charge in [-0.05, 0) is 33.6 Å². The van der Waals surface area contributed by atoms with Crippen LogP contribution in [0, 0.1) is 5.92 Å². The van der Waals surface area contributed by atoms with Crippen LogP contribution < -0.4 is 0 Å². The summed E-state index contributed by atoms with van der Waals surface area (Å²) in [6.07, 6.45) is 1.01. The number of hydrogen-bond acceptors (Lipinski definition) is 4. The van der Waals surface area contributed by atoms with E-state index in [0.29, 0.717) is 5.92 Å². The molecule has 0 aliphatic carbocycles. The Balaban J connectivity index is 2.17. The second kappa shape index (κ2) is 3.79. The average molecular weight is 279 g/mol. The molecule has 5 heteroatoms. The summed E-state index contributed by atoms with van der Waals surface area (Å²) in [7, 11) is 0.